The van der Waals surface area contributed by atoms with Crippen LogP contribution in [0.4, 0.5) is 4.79 Å². The third kappa shape index (κ3) is 6.91. The molecule has 0 saturated heterocycles. The molecule has 1 aromatic carbocycles. The lowest BCUT2D eigenvalue weighted by molar-refractivity contribution is 0.0518. The Morgan fingerprint density at radius 3 is 2.35 bits per heavy atom. The minimum Gasteiger partial charge on any atom is -0.508 e. The summed E-state index contributed by atoms with van der Waals surface area (Å²) in [5.74, 6) is 0.591. The lowest BCUT2D eigenvalue weighted by Crippen LogP contribution is -2.46. The van der Waals surface area contributed by atoms with Crippen molar-refractivity contribution in [3.05, 3.63) is 29.8 Å². The van der Waals surface area contributed by atoms with Gasteiger partial charge in [-0.3, -0.25) is 0 Å². The highest BCUT2D eigenvalue weighted by molar-refractivity contribution is 5.67. The summed E-state index contributed by atoms with van der Waals surface area (Å²) in [6.07, 6.45) is -0.417. The zero-order valence-corrected chi connectivity index (χ0v) is 15.0. The first-order valence-electron chi connectivity index (χ1n) is 8.11. The van der Waals surface area contributed by atoms with Crippen molar-refractivity contribution >= 4 is 6.09 Å². The largest absolute Gasteiger partial charge is 0.508 e. The second-order valence-corrected chi connectivity index (χ2v) is 7.18. The van der Waals surface area contributed by atoms with Gasteiger partial charge in [0.15, 0.2) is 0 Å². The van der Waals surface area contributed by atoms with Gasteiger partial charge in [0.25, 0.3) is 0 Å². The molecule has 1 aromatic rings. The number of benzene rings is 1. The first kappa shape index (κ1) is 19.3. The maximum atomic E-state index is 11.8. The Morgan fingerprint density at radius 1 is 1.22 bits per heavy atom. The topological polar surface area (TPSA) is 70.6 Å². The fourth-order valence-corrected chi connectivity index (χ4v) is 2.26. The normalized spacial score (nSPS) is 14.4. The van der Waals surface area contributed by atoms with Crippen LogP contribution in [0.3, 0.4) is 0 Å². The molecule has 2 atom stereocenters. The maximum absolute atomic E-state index is 11.8. The summed E-state index contributed by atoms with van der Waals surface area (Å²) in [5.41, 5.74) is 0.337. The molecule has 5 nitrogen and oxygen atoms in total. The highest BCUT2D eigenvalue weighted by Gasteiger charge is 2.21. The van der Waals surface area contributed by atoms with E-state index in [0.717, 1.165) is 5.56 Å². The van der Waals surface area contributed by atoms with Crippen LogP contribution in [-0.2, 0) is 4.74 Å². The third-order valence-electron chi connectivity index (χ3n) is 3.54. The Labute approximate surface area is 139 Å². The average Bonchev–Trinajstić information content (AvgIpc) is 2.41. The molecule has 2 unspecified atom stereocenters. The van der Waals surface area contributed by atoms with Crippen molar-refractivity contribution in [3.8, 4) is 5.75 Å². The summed E-state index contributed by atoms with van der Waals surface area (Å²) in [5, 5.41) is 16.2. The monoisotopic (exact) mass is 322 g/mol. The van der Waals surface area contributed by atoms with Gasteiger partial charge in [-0.1, -0.05) is 32.0 Å². The van der Waals surface area contributed by atoms with E-state index < -0.39 is 11.7 Å². The standard InChI is InChI=1S/C18H30N2O3/c1-12(2)15(11-19-17(22)23-18(4,5)6)20-13(3)14-9-7-8-10-16(14)21/h7-10,12-13,15,20-21H,11H2,1-6H3,(H,19,22). The van der Waals surface area contributed by atoms with Crippen molar-refractivity contribution in [2.24, 2.45) is 5.92 Å². The number of carbonyl (C=O) groups is 1. The molecule has 0 fully saturated rings. The molecular weight excluding hydrogens is 292 g/mol. The van der Waals surface area contributed by atoms with Crippen molar-refractivity contribution in [2.75, 3.05) is 6.54 Å². The predicted octanol–water partition coefficient (Wildman–Crippen LogP) is 3.59. The van der Waals surface area contributed by atoms with Crippen LogP contribution >= 0.6 is 0 Å². The molecule has 3 N–H and O–H groups in total. The zero-order valence-electron chi connectivity index (χ0n) is 15.0. The van der Waals surface area contributed by atoms with E-state index in [4.69, 9.17) is 4.74 Å². The van der Waals surface area contributed by atoms with Gasteiger partial charge in [0, 0.05) is 24.2 Å². The van der Waals surface area contributed by atoms with Crippen molar-refractivity contribution in [1.82, 2.24) is 10.6 Å². The van der Waals surface area contributed by atoms with E-state index in [0.29, 0.717) is 12.5 Å². The first-order valence-corrected chi connectivity index (χ1v) is 8.11. The van der Waals surface area contributed by atoms with Gasteiger partial charge in [-0.15, -0.1) is 0 Å². The van der Waals surface area contributed by atoms with E-state index in [9.17, 15) is 9.90 Å². The summed E-state index contributed by atoms with van der Waals surface area (Å²) < 4.78 is 5.26. The summed E-state index contributed by atoms with van der Waals surface area (Å²) in [4.78, 5) is 11.8. The van der Waals surface area contributed by atoms with Crippen LogP contribution in [0.5, 0.6) is 5.75 Å². The van der Waals surface area contributed by atoms with Crippen molar-refractivity contribution < 1.29 is 14.6 Å². The van der Waals surface area contributed by atoms with Gasteiger partial charge in [0.05, 0.1) is 0 Å². The van der Waals surface area contributed by atoms with Crippen LogP contribution < -0.4 is 10.6 Å². The molecule has 0 heterocycles. The number of rotatable bonds is 6. The van der Waals surface area contributed by atoms with Gasteiger partial charge in [0.2, 0.25) is 0 Å². The van der Waals surface area contributed by atoms with Gasteiger partial charge in [-0.25, -0.2) is 4.79 Å². The molecule has 0 aliphatic rings. The summed E-state index contributed by atoms with van der Waals surface area (Å²) >= 11 is 0. The molecule has 23 heavy (non-hydrogen) atoms. The minimum atomic E-state index is -0.506. The molecule has 0 saturated carbocycles. The van der Waals surface area contributed by atoms with Crippen LogP contribution in [0.2, 0.25) is 0 Å². The van der Waals surface area contributed by atoms with E-state index in [1.54, 1.807) is 12.1 Å². The molecule has 5 heteroatoms. The average molecular weight is 322 g/mol. The number of hydrogen-bond acceptors (Lipinski definition) is 4. The van der Waals surface area contributed by atoms with Crippen molar-refractivity contribution in [1.29, 1.82) is 0 Å². The van der Waals surface area contributed by atoms with Gasteiger partial charge in [-0.05, 0) is 39.7 Å². The fourth-order valence-electron chi connectivity index (χ4n) is 2.26. The number of phenolic OH excluding ortho intramolecular Hbond substituents is 1. The van der Waals surface area contributed by atoms with Crippen molar-refractivity contribution in [2.45, 2.75) is 59.2 Å². The van der Waals surface area contributed by atoms with Crippen LogP contribution in [0.15, 0.2) is 24.3 Å². The third-order valence-corrected chi connectivity index (χ3v) is 3.54. The lowest BCUT2D eigenvalue weighted by atomic mass is 10.0. The SMILES string of the molecule is CC(NC(CNC(=O)OC(C)(C)C)C(C)C)c1ccccc1O. The molecule has 0 spiro atoms. The van der Waals surface area contributed by atoms with Gasteiger partial charge in [0.1, 0.15) is 11.4 Å². The van der Waals surface area contributed by atoms with Crippen LogP contribution in [0.1, 0.15) is 53.1 Å². The molecule has 130 valence electrons. The number of amides is 1. The van der Waals surface area contributed by atoms with E-state index in [1.807, 2.05) is 39.8 Å². The summed E-state index contributed by atoms with van der Waals surface area (Å²) in [7, 11) is 0. The quantitative estimate of drug-likeness (QED) is 0.748. The number of hydrogen-bond donors (Lipinski definition) is 3. The second kappa shape index (κ2) is 8.20. The number of ether oxygens (including phenoxy) is 1. The Kier molecular flexibility index (Phi) is 6.88. The molecule has 0 aromatic heterocycles. The molecule has 0 bridgehead atoms. The van der Waals surface area contributed by atoms with Gasteiger partial charge < -0.3 is 20.5 Å². The fraction of sp³-hybridized carbons (Fsp3) is 0.611. The Morgan fingerprint density at radius 2 is 1.83 bits per heavy atom. The molecule has 1 rings (SSSR count). The molecule has 1 amide bonds. The summed E-state index contributed by atoms with van der Waals surface area (Å²) in [6, 6.07) is 7.32. The van der Waals surface area contributed by atoms with Crippen LogP contribution in [0.25, 0.3) is 0 Å². The molecule has 0 aliphatic carbocycles. The number of alkyl carbamates (subject to hydrolysis) is 1. The molecular formula is C18H30N2O3. The maximum Gasteiger partial charge on any atom is 0.407 e. The zero-order chi connectivity index (χ0) is 17.6. The number of para-hydroxylation sites is 1. The van der Waals surface area contributed by atoms with Gasteiger partial charge in [-0.2, -0.15) is 0 Å². The Hall–Kier alpha value is -1.75. The number of phenols is 1. The van der Waals surface area contributed by atoms with Gasteiger partial charge >= 0.3 is 6.09 Å². The minimum absolute atomic E-state index is 0.0240. The smallest absolute Gasteiger partial charge is 0.407 e. The first-order chi connectivity index (χ1) is 10.6. The van der Waals surface area contributed by atoms with Crippen LogP contribution in [0, 0.1) is 5.92 Å². The number of aromatic hydroxyl groups is 1. The lowest BCUT2D eigenvalue weighted by Gasteiger charge is -2.28. The highest BCUT2D eigenvalue weighted by Crippen LogP contribution is 2.24. The van der Waals surface area contributed by atoms with E-state index in [2.05, 4.69) is 24.5 Å². The Bertz CT molecular complexity index is 509. The number of nitrogens with one attached hydrogen (secondary N) is 2. The summed E-state index contributed by atoms with van der Waals surface area (Å²) in [6.45, 7) is 12.2. The highest BCUT2D eigenvalue weighted by atomic mass is 16.6. The van der Waals surface area contributed by atoms with E-state index in [1.165, 1.54) is 0 Å². The molecule has 0 aliphatic heterocycles. The predicted molar refractivity (Wildman–Crippen MR) is 92.5 cm³/mol. The van der Waals surface area contributed by atoms with E-state index >= 15 is 0 Å². The van der Waals surface area contributed by atoms with E-state index in [-0.39, 0.29) is 17.8 Å². The number of carbonyl (C=O) groups excluding carboxylic acids is 1. The molecule has 0 radical (unpaired) electrons. The van der Waals surface area contributed by atoms with Crippen molar-refractivity contribution in [3.63, 3.8) is 0 Å². The van der Waals surface area contributed by atoms with Crippen LogP contribution in [-0.4, -0.2) is 29.4 Å². The Balaban J connectivity index is 2.62. The second-order valence-electron chi connectivity index (χ2n) is 7.18.